The molecule has 1 N–H and O–H groups in total. The smallest absolute Gasteiger partial charge is 0.255 e. The van der Waals surface area contributed by atoms with E-state index < -0.39 is 0 Å². The minimum absolute atomic E-state index is 0.0599. The number of phenolic OH excluding ortho intramolecular Hbond substituents is 1. The lowest BCUT2D eigenvalue weighted by molar-refractivity contribution is 0.0783. The first-order valence-corrected chi connectivity index (χ1v) is 5.06. The Morgan fingerprint density at radius 3 is 2.81 bits per heavy atom. The Bertz CT molecular complexity index is 435. The van der Waals surface area contributed by atoms with Crippen LogP contribution in [-0.2, 0) is 0 Å². The second kappa shape index (κ2) is 5.17. The van der Waals surface area contributed by atoms with Crippen molar-refractivity contribution >= 4 is 5.91 Å². The van der Waals surface area contributed by atoms with Gasteiger partial charge in [-0.2, -0.15) is 5.26 Å². The van der Waals surface area contributed by atoms with Crippen molar-refractivity contribution < 1.29 is 9.90 Å². The summed E-state index contributed by atoms with van der Waals surface area (Å²) in [5.74, 6) is -0.128. The minimum atomic E-state index is -0.225. The van der Waals surface area contributed by atoms with Gasteiger partial charge in [-0.1, -0.05) is 6.07 Å². The average molecular weight is 218 g/mol. The number of benzene rings is 1. The number of aromatic hydroxyl groups is 1. The Morgan fingerprint density at radius 1 is 1.56 bits per heavy atom. The van der Waals surface area contributed by atoms with Crippen LogP contribution < -0.4 is 0 Å². The first-order valence-electron chi connectivity index (χ1n) is 5.06. The number of amides is 1. The highest BCUT2D eigenvalue weighted by molar-refractivity contribution is 5.96. The van der Waals surface area contributed by atoms with Crippen LogP contribution in [0.4, 0.5) is 0 Å². The zero-order valence-corrected chi connectivity index (χ0v) is 9.40. The number of phenols is 1. The standard InChI is InChI=1S/C12H14N2O2/c1-3-14(8-7-13)12(16)10-5-4-6-11(15)9(10)2/h4-6,15H,3,8H2,1-2H3. The number of nitrogens with zero attached hydrogens (tertiary/aromatic N) is 2. The Hall–Kier alpha value is -2.02. The highest BCUT2D eigenvalue weighted by atomic mass is 16.3. The van der Waals surface area contributed by atoms with E-state index in [1.807, 2.05) is 13.0 Å². The maximum absolute atomic E-state index is 12.0. The third-order valence-corrected chi connectivity index (χ3v) is 2.47. The van der Waals surface area contributed by atoms with E-state index >= 15 is 0 Å². The van der Waals surface area contributed by atoms with Crippen molar-refractivity contribution in [3.8, 4) is 11.8 Å². The van der Waals surface area contributed by atoms with Gasteiger partial charge in [0.1, 0.15) is 12.3 Å². The molecule has 0 aliphatic heterocycles. The van der Waals surface area contributed by atoms with Crippen LogP contribution in [0.25, 0.3) is 0 Å². The summed E-state index contributed by atoms with van der Waals surface area (Å²) in [7, 11) is 0. The highest BCUT2D eigenvalue weighted by Gasteiger charge is 2.16. The van der Waals surface area contributed by atoms with E-state index in [1.54, 1.807) is 19.1 Å². The maximum Gasteiger partial charge on any atom is 0.255 e. The van der Waals surface area contributed by atoms with Crippen molar-refractivity contribution in [3.05, 3.63) is 29.3 Å². The first kappa shape index (κ1) is 12.1. The van der Waals surface area contributed by atoms with E-state index in [0.717, 1.165) is 0 Å². The van der Waals surface area contributed by atoms with Gasteiger partial charge in [0, 0.05) is 17.7 Å². The summed E-state index contributed by atoms with van der Waals surface area (Å²) in [4.78, 5) is 13.4. The molecule has 0 spiro atoms. The normalized spacial score (nSPS) is 9.56. The average Bonchev–Trinajstić information content (AvgIpc) is 2.29. The molecule has 4 nitrogen and oxygen atoms in total. The zero-order chi connectivity index (χ0) is 12.1. The summed E-state index contributed by atoms with van der Waals surface area (Å²) in [6, 6.07) is 6.75. The monoisotopic (exact) mass is 218 g/mol. The van der Waals surface area contributed by atoms with Crippen LogP contribution >= 0.6 is 0 Å². The Kier molecular flexibility index (Phi) is 3.90. The lowest BCUT2D eigenvalue weighted by Gasteiger charge is -2.18. The molecular formula is C12H14N2O2. The van der Waals surface area contributed by atoms with Crippen molar-refractivity contribution in [2.24, 2.45) is 0 Å². The number of hydrogen-bond acceptors (Lipinski definition) is 3. The number of hydrogen-bond donors (Lipinski definition) is 1. The number of carbonyl (C=O) groups is 1. The third-order valence-electron chi connectivity index (χ3n) is 2.47. The summed E-state index contributed by atoms with van der Waals surface area (Å²) in [6.45, 7) is 4.03. The van der Waals surface area contributed by atoms with Crippen LogP contribution in [0.15, 0.2) is 18.2 Å². The van der Waals surface area contributed by atoms with Gasteiger partial charge in [-0.3, -0.25) is 4.79 Å². The van der Waals surface area contributed by atoms with Crippen molar-refractivity contribution in [1.82, 2.24) is 4.90 Å². The summed E-state index contributed by atoms with van der Waals surface area (Å²) in [5.41, 5.74) is 0.987. The number of nitriles is 1. The Morgan fingerprint density at radius 2 is 2.25 bits per heavy atom. The minimum Gasteiger partial charge on any atom is -0.508 e. The topological polar surface area (TPSA) is 64.3 Å². The zero-order valence-electron chi connectivity index (χ0n) is 9.40. The molecule has 84 valence electrons. The molecule has 1 amide bonds. The molecule has 0 aromatic heterocycles. The Balaban J connectivity index is 3.05. The van der Waals surface area contributed by atoms with Gasteiger partial charge < -0.3 is 10.0 Å². The van der Waals surface area contributed by atoms with Gasteiger partial charge in [0.2, 0.25) is 0 Å². The van der Waals surface area contributed by atoms with Gasteiger partial charge in [0.15, 0.2) is 0 Å². The molecule has 0 saturated heterocycles. The van der Waals surface area contributed by atoms with Crippen LogP contribution in [0.5, 0.6) is 5.75 Å². The van der Waals surface area contributed by atoms with Crippen LogP contribution in [0.2, 0.25) is 0 Å². The second-order valence-corrected chi connectivity index (χ2v) is 3.43. The molecule has 16 heavy (non-hydrogen) atoms. The quantitative estimate of drug-likeness (QED) is 0.785. The lowest BCUT2D eigenvalue weighted by Crippen LogP contribution is -2.31. The molecule has 4 heteroatoms. The van der Waals surface area contributed by atoms with Crippen LogP contribution in [0.3, 0.4) is 0 Å². The predicted octanol–water partition coefficient (Wildman–Crippen LogP) is 1.69. The lowest BCUT2D eigenvalue weighted by atomic mass is 10.1. The van der Waals surface area contributed by atoms with E-state index in [4.69, 9.17) is 5.26 Å². The summed E-state index contributed by atoms with van der Waals surface area (Å²) < 4.78 is 0. The third kappa shape index (κ3) is 2.31. The fraction of sp³-hybridized carbons (Fsp3) is 0.333. The summed E-state index contributed by atoms with van der Waals surface area (Å²) >= 11 is 0. The van der Waals surface area contributed by atoms with E-state index in [2.05, 4.69) is 0 Å². The van der Waals surface area contributed by atoms with Gasteiger partial charge in [-0.05, 0) is 26.0 Å². The molecule has 0 aliphatic rings. The molecule has 0 aliphatic carbocycles. The number of rotatable bonds is 3. The van der Waals surface area contributed by atoms with Gasteiger partial charge in [-0.15, -0.1) is 0 Å². The molecule has 0 fully saturated rings. The molecule has 1 aromatic carbocycles. The molecule has 0 radical (unpaired) electrons. The van der Waals surface area contributed by atoms with E-state index in [1.165, 1.54) is 11.0 Å². The molecule has 0 heterocycles. The Labute approximate surface area is 94.7 Å². The fourth-order valence-electron chi connectivity index (χ4n) is 1.44. The van der Waals surface area contributed by atoms with Gasteiger partial charge in [0.05, 0.1) is 6.07 Å². The molecule has 0 unspecified atom stereocenters. The van der Waals surface area contributed by atoms with Crippen LogP contribution in [0, 0.1) is 18.3 Å². The highest BCUT2D eigenvalue weighted by Crippen LogP contribution is 2.20. The SMILES string of the molecule is CCN(CC#N)C(=O)c1cccc(O)c1C. The molecule has 1 aromatic rings. The summed E-state index contributed by atoms with van der Waals surface area (Å²) in [5, 5.41) is 18.1. The number of carbonyl (C=O) groups excluding carboxylic acids is 1. The van der Waals surface area contributed by atoms with Crippen LogP contribution in [0.1, 0.15) is 22.8 Å². The van der Waals surface area contributed by atoms with Crippen molar-refractivity contribution in [2.75, 3.05) is 13.1 Å². The van der Waals surface area contributed by atoms with Crippen LogP contribution in [-0.4, -0.2) is 29.0 Å². The molecule has 0 atom stereocenters. The molecular weight excluding hydrogens is 204 g/mol. The maximum atomic E-state index is 12.0. The van der Waals surface area contributed by atoms with Crippen molar-refractivity contribution in [2.45, 2.75) is 13.8 Å². The van der Waals surface area contributed by atoms with Gasteiger partial charge in [0.25, 0.3) is 5.91 Å². The van der Waals surface area contributed by atoms with E-state index in [0.29, 0.717) is 17.7 Å². The van der Waals surface area contributed by atoms with E-state index in [9.17, 15) is 9.90 Å². The van der Waals surface area contributed by atoms with Crippen molar-refractivity contribution in [1.29, 1.82) is 5.26 Å². The fourth-order valence-corrected chi connectivity index (χ4v) is 1.44. The first-order chi connectivity index (χ1) is 7.61. The van der Waals surface area contributed by atoms with E-state index in [-0.39, 0.29) is 18.2 Å². The predicted molar refractivity (Wildman–Crippen MR) is 60.0 cm³/mol. The van der Waals surface area contributed by atoms with Crippen molar-refractivity contribution in [3.63, 3.8) is 0 Å². The van der Waals surface area contributed by atoms with Gasteiger partial charge in [-0.25, -0.2) is 0 Å². The largest absolute Gasteiger partial charge is 0.508 e. The molecule has 1 rings (SSSR count). The molecule has 0 bridgehead atoms. The molecule has 0 saturated carbocycles. The second-order valence-electron chi connectivity index (χ2n) is 3.43. The van der Waals surface area contributed by atoms with Gasteiger partial charge >= 0.3 is 0 Å². The summed E-state index contributed by atoms with van der Waals surface area (Å²) in [6.07, 6.45) is 0.